The van der Waals surface area contributed by atoms with Crippen molar-refractivity contribution in [2.45, 2.75) is 83.5 Å². The van der Waals surface area contributed by atoms with E-state index in [0.717, 1.165) is 67.6 Å². The fraction of sp³-hybridized carbons (Fsp3) is 0.533. The third-order valence-electron chi connectivity index (χ3n) is 6.16. The number of allylic oxidation sites excluding steroid dienone is 1. The molecule has 36 heavy (non-hydrogen) atoms. The lowest BCUT2D eigenvalue weighted by Gasteiger charge is -2.17. The van der Waals surface area contributed by atoms with Crippen LogP contribution in [0.25, 0.3) is 11.1 Å². The second kappa shape index (κ2) is 18.0. The van der Waals surface area contributed by atoms with Crippen molar-refractivity contribution in [3.63, 3.8) is 0 Å². The maximum atomic E-state index is 10.8. The molecule has 0 fully saturated rings. The number of hydrogen-bond acceptors (Lipinski definition) is 4. The van der Waals surface area contributed by atoms with E-state index < -0.39 is 10.1 Å². The van der Waals surface area contributed by atoms with Gasteiger partial charge < -0.3 is 9.47 Å². The molecule has 0 atom stereocenters. The standard InChI is InChI=1S/C30H44O5S/c1-2-3-4-5-6-7-10-16-24-34-28-22-19-23-29(30(28)27-20-14-13-15-21-27)35-25-17-11-8-9-12-18-26-36(31,32)33/h2,13-15,19-23H,1,3-12,16-18,24-26H2,(H,31,32,33). The minimum Gasteiger partial charge on any atom is -0.493 e. The third kappa shape index (κ3) is 13.1. The van der Waals surface area contributed by atoms with Crippen molar-refractivity contribution in [3.8, 4) is 22.6 Å². The Balaban J connectivity index is 1.79. The van der Waals surface area contributed by atoms with Crippen LogP contribution in [0.4, 0.5) is 0 Å². The van der Waals surface area contributed by atoms with E-state index in [1.807, 2.05) is 42.5 Å². The number of benzene rings is 2. The van der Waals surface area contributed by atoms with Crippen LogP contribution in [0.3, 0.4) is 0 Å². The maximum Gasteiger partial charge on any atom is 0.264 e. The molecule has 6 heteroatoms. The minimum atomic E-state index is -3.83. The molecular formula is C30H44O5S. The van der Waals surface area contributed by atoms with E-state index in [0.29, 0.717) is 19.6 Å². The van der Waals surface area contributed by atoms with Crippen molar-refractivity contribution in [3.05, 3.63) is 61.2 Å². The summed E-state index contributed by atoms with van der Waals surface area (Å²) in [6.07, 6.45) is 15.6. The summed E-state index contributed by atoms with van der Waals surface area (Å²) in [6.45, 7) is 5.11. The van der Waals surface area contributed by atoms with Gasteiger partial charge in [-0.1, -0.05) is 93.8 Å². The highest BCUT2D eigenvalue weighted by Crippen LogP contribution is 2.38. The van der Waals surface area contributed by atoms with Gasteiger partial charge in [0.1, 0.15) is 11.5 Å². The van der Waals surface area contributed by atoms with Crippen LogP contribution in [-0.2, 0) is 10.1 Å². The zero-order valence-electron chi connectivity index (χ0n) is 21.7. The van der Waals surface area contributed by atoms with Crippen molar-refractivity contribution >= 4 is 10.1 Å². The quantitative estimate of drug-likeness (QED) is 0.103. The molecule has 0 amide bonds. The average molecular weight is 517 g/mol. The van der Waals surface area contributed by atoms with Crippen LogP contribution in [0, 0.1) is 0 Å². The van der Waals surface area contributed by atoms with Crippen molar-refractivity contribution in [2.24, 2.45) is 0 Å². The highest BCUT2D eigenvalue weighted by atomic mass is 32.2. The molecule has 0 aromatic heterocycles. The predicted octanol–water partition coefficient (Wildman–Crippen LogP) is 8.26. The molecule has 0 aliphatic heterocycles. The monoisotopic (exact) mass is 516 g/mol. The average Bonchev–Trinajstić information content (AvgIpc) is 2.86. The lowest BCUT2D eigenvalue weighted by molar-refractivity contribution is 0.292. The summed E-state index contributed by atoms with van der Waals surface area (Å²) in [5.74, 6) is 1.56. The zero-order chi connectivity index (χ0) is 25.9. The topological polar surface area (TPSA) is 72.8 Å². The maximum absolute atomic E-state index is 10.8. The van der Waals surface area contributed by atoms with E-state index in [1.54, 1.807) is 0 Å². The summed E-state index contributed by atoms with van der Waals surface area (Å²) < 4.78 is 42.7. The van der Waals surface area contributed by atoms with Crippen LogP contribution in [0.5, 0.6) is 11.5 Å². The summed E-state index contributed by atoms with van der Waals surface area (Å²) >= 11 is 0. The highest BCUT2D eigenvalue weighted by molar-refractivity contribution is 7.85. The Kier molecular flexibility index (Phi) is 15.0. The molecule has 1 N–H and O–H groups in total. The molecule has 0 aliphatic rings. The minimum absolute atomic E-state index is 0.146. The second-order valence-corrected chi connectivity index (χ2v) is 10.9. The molecule has 200 valence electrons. The van der Waals surface area contributed by atoms with E-state index in [1.165, 1.54) is 32.1 Å². The summed E-state index contributed by atoms with van der Waals surface area (Å²) in [5.41, 5.74) is 2.09. The molecule has 2 aromatic rings. The zero-order valence-corrected chi connectivity index (χ0v) is 22.5. The summed E-state index contributed by atoms with van der Waals surface area (Å²) in [6, 6.07) is 16.3. The van der Waals surface area contributed by atoms with Gasteiger partial charge in [0.25, 0.3) is 10.1 Å². The number of unbranched alkanes of at least 4 members (excludes halogenated alkanes) is 11. The first-order valence-electron chi connectivity index (χ1n) is 13.5. The second-order valence-electron chi connectivity index (χ2n) is 9.30. The van der Waals surface area contributed by atoms with Crippen LogP contribution in [0.1, 0.15) is 83.5 Å². The predicted molar refractivity (Wildman–Crippen MR) is 150 cm³/mol. The Morgan fingerprint density at radius 1 is 0.667 bits per heavy atom. The number of hydrogen-bond donors (Lipinski definition) is 1. The van der Waals surface area contributed by atoms with E-state index >= 15 is 0 Å². The number of ether oxygens (including phenoxy) is 2. The molecule has 0 saturated carbocycles. The van der Waals surface area contributed by atoms with Crippen LogP contribution < -0.4 is 9.47 Å². The van der Waals surface area contributed by atoms with Gasteiger partial charge in [-0.2, -0.15) is 8.42 Å². The van der Waals surface area contributed by atoms with Gasteiger partial charge in [0.2, 0.25) is 0 Å². The highest BCUT2D eigenvalue weighted by Gasteiger charge is 2.13. The molecule has 0 radical (unpaired) electrons. The van der Waals surface area contributed by atoms with Crippen LogP contribution in [0.2, 0.25) is 0 Å². The van der Waals surface area contributed by atoms with Gasteiger partial charge >= 0.3 is 0 Å². The molecular weight excluding hydrogens is 472 g/mol. The van der Waals surface area contributed by atoms with Crippen molar-refractivity contribution < 1.29 is 22.4 Å². The molecule has 0 bridgehead atoms. The van der Waals surface area contributed by atoms with E-state index in [9.17, 15) is 8.42 Å². The molecule has 5 nitrogen and oxygen atoms in total. The first-order chi connectivity index (χ1) is 17.5. The first-order valence-corrected chi connectivity index (χ1v) is 15.1. The summed E-state index contributed by atoms with van der Waals surface area (Å²) in [4.78, 5) is 0. The molecule has 0 saturated heterocycles. The van der Waals surface area contributed by atoms with Gasteiger partial charge in [0, 0.05) is 0 Å². The van der Waals surface area contributed by atoms with Gasteiger partial charge in [0.15, 0.2) is 0 Å². The molecule has 0 unspecified atom stereocenters. The van der Waals surface area contributed by atoms with E-state index in [2.05, 4.69) is 18.7 Å². The molecule has 2 aromatic carbocycles. The smallest absolute Gasteiger partial charge is 0.264 e. The van der Waals surface area contributed by atoms with Gasteiger partial charge in [-0.3, -0.25) is 4.55 Å². The largest absolute Gasteiger partial charge is 0.493 e. The van der Waals surface area contributed by atoms with Crippen molar-refractivity contribution in [2.75, 3.05) is 19.0 Å². The van der Waals surface area contributed by atoms with Crippen molar-refractivity contribution in [1.29, 1.82) is 0 Å². The molecule has 0 aliphatic carbocycles. The van der Waals surface area contributed by atoms with E-state index in [-0.39, 0.29) is 5.75 Å². The Morgan fingerprint density at radius 3 is 1.69 bits per heavy atom. The Hall–Kier alpha value is -2.31. The summed E-state index contributed by atoms with van der Waals surface area (Å²) in [5, 5.41) is 0. The Labute approximate surface area is 218 Å². The first kappa shape index (κ1) is 29.9. The van der Waals surface area contributed by atoms with Crippen LogP contribution in [-0.4, -0.2) is 31.9 Å². The normalized spacial score (nSPS) is 11.4. The lowest BCUT2D eigenvalue weighted by Crippen LogP contribution is -2.03. The fourth-order valence-corrected chi connectivity index (χ4v) is 4.77. The fourth-order valence-electron chi connectivity index (χ4n) is 4.20. The van der Waals surface area contributed by atoms with Crippen molar-refractivity contribution in [1.82, 2.24) is 0 Å². The van der Waals surface area contributed by atoms with Crippen LogP contribution >= 0.6 is 0 Å². The molecule has 0 spiro atoms. The summed E-state index contributed by atoms with van der Waals surface area (Å²) in [7, 11) is -3.83. The third-order valence-corrected chi connectivity index (χ3v) is 6.97. The van der Waals surface area contributed by atoms with Gasteiger partial charge in [-0.05, 0) is 49.8 Å². The van der Waals surface area contributed by atoms with Gasteiger partial charge in [-0.15, -0.1) is 6.58 Å². The Morgan fingerprint density at radius 2 is 1.17 bits per heavy atom. The molecule has 0 heterocycles. The van der Waals surface area contributed by atoms with Gasteiger partial charge in [-0.25, -0.2) is 0 Å². The van der Waals surface area contributed by atoms with Crippen LogP contribution in [0.15, 0.2) is 61.2 Å². The van der Waals surface area contributed by atoms with E-state index in [4.69, 9.17) is 14.0 Å². The lowest BCUT2D eigenvalue weighted by atomic mass is 10.0. The number of rotatable bonds is 21. The van der Waals surface area contributed by atoms with Gasteiger partial charge in [0.05, 0.1) is 24.5 Å². The molecule has 2 rings (SSSR count). The Bertz CT molecular complexity index is 957. The SMILES string of the molecule is C=CCCCCCCCCOc1cccc(OCCCCCCCCS(=O)(=O)O)c1-c1ccccc1.